The van der Waals surface area contributed by atoms with E-state index in [1.165, 1.54) is 22.9 Å². The van der Waals surface area contributed by atoms with Crippen LogP contribution in [0.5, 0.6) is 0 Å². The molecule has 9 heteroatoms. The third-order valence-corrected chi connectivity index (χ3v) is 6.97. The van der Waals surface area contributed by atoms with Gasteiger partial charge in [-0.1, -0.05) is 48.5 Å². The number of hydrogen-bond acceptors (Lipinski definition) is 6. The van der Waals surface area contributed by atoms with Gasteiger partial charge in [-0.25, -0.2) is 12.9 Å². The van der Waals surface area contributed by atoms with Gasteiger partial charge in [0.25, 0.3) is 0 Å². The molecule has 0 fully saturated rings. The van der Waals surface area contributed by atoms with Gasteiger partial charge in [0.1, 0.15) is 11.4 Å². The maximum absolute atomic E-state index is 13.4. The minimum atomic E-state index is -3.97. The molecular weight excluding hydrogens is 468 g/mol. The molecule has 0 N–H and O–H groups in total. The Hall–Kier alpha value is -3.30. The zero-order valence-corrected chi connectivity index (χ0v) is 17.7. The van der Waals surface area contributed by atoms with Gasteiger partial charge in [0, 0.05) is 5.56 Å². The Labute approximate surface area is 180 Å². The number of benzene rings is 2. The summed E-state index contributed by atoms with van der Waals surface area (Å²) in [5, 5.41) is 12.7. The zero-order chi connectivity index (χ0) is 20.7. The molecule has 0 saturated carbocycles. The number of rotatable bonds is 4. The molecule has 0 aliphatic rings. The normalized spacial score (nSPS) is 11.8. The monoisotopic (exact) mass is 480 g/mol. The second kappa shape index (κ2) is 7.19. The molecule has 30 heavy (non-hydrogen) atoms. The topological polar surface area (TPSA) is 90.4 Å². The highest BCUT2D eigenvalue weighted by Gasteiger charge is 2.30. The molecule has 0 aliphatic heterocycles. The van der Waals surface area contributed by atoms with Crippen LogP contribution in [0.1, 0.15) is 0 Å². The van der Waals surface area contributed by atoms with Crippen LogP contribution in [-0.2, 0) is 9.84 Å². The summed E-state index contributed by atoms with van der Waals surface area (Å²) in [7, 11) is -3.97. The number of nitrogens with zero attached hydrogens (tertiary/aromatic N) is 4. The van der Waals surface area contributed by atoms with Gasteiger partial charge in [0.05, 0.1) is 15.6 Å². The number of fused-ring (bicyclic) bond motifs is 1. The lowest BCUT2D eigenvalue weighted by molar-refractivity contribution is 0.565. The Morgan fingerprint density at radius 1 is 0.867 bits per heavy atom. The van der Waals surface area contributed by atoms with Crippen molar-refractivity contribution in [3.05, 3.63) is 83.5 Å². The van der Waals surface area contributed by atoms with Crippen molar-refractivity contribution in [1.29, 1.82) is 0 Å². The van der Waals surface area contributed by atoms with Crippen LogP contribution in [0.15, 0.2) is 97.9 Å². The fourth-order valence-corrected chi connectivity index (χ4v) is 5.04. The molecule has 0 aliphatic carbocycles. The largest absolute Gasteiger partial charge is 0.463 e. The molecule has 0 spiro atoms. The summed E-state index contributed by atoms with van der Waals surface area (Å²) >= 11 is 3.54. The van der Waals surface area contributed by atoms with Crippen LogP contribution in [0.4, 0.5) is 0 Å². The number of sulfone groups is 1. The van der Waals surface area contributed by atoms with Crippen LogP contribution in [0, 0.1) is 0 Å². The van der Waals surface area contributed by atoms with Gasteiger partial charge in [-0.15, -0.1) is 10.2 Å². The van der Waals surface area contributed by atoms with E-state index >= 15 is 0 Å². The Kier molecular flexibility index (Phi) is 4.48. The first-order chi connectivity index (χ1) is 14.6. The van der Waals surface area contributed by atoms with Gasteiger partial charge in [-0.3, -0.25) is 0 Å². The average Bonchev–Trinajstić information content (AvgIpc) is 3.43. The molecule has 3 heterocycles. The lowest BCUT2D eigenvalue weighted by Crippen LogP contribution is -2.12. The molecule has 5 rings (SSSR count). The molecule has 0 saturated heterocycles. The Balaban J connectivity index is 1.85. The van der Waals surface area contributed by atoms with E-state index in [2.05, 4.69) is 31.2 Å². The average molecular weight is 481 g/mol. The summed E-state index contributed by atoms with van der Waals surface area (Å²) in [5.74, 6) is 0.319. The van der Waals surface area contributed by atoms with Crippen LogP contribution in [0.3, 0.4) is 0 Å². The highest BCUT2D eigenvalue weighted by atomic mass is 79.9. The maximum Gasteiger partial charge on any atom is 0.228 e. The molecule has 0 radical (unpaired) electrons. The molecule has 148 valence electrons. The number of halogens is 1. The smallest absolute Gasteiger partial charge is 0.228 e. The van der Waals surface area contributed by atoms with Crippen molar-refractivity contribution in [1.82, 2.24) is 19.8 Å². The molecule has 0 atom stereocenters. The van der Waals surface area contributed by atoms with Gasteiger partial charge < -0.3 is 4.42 Å². The van der Waals surface area contributed by atoms with Crippen molar-refractivity contribution >= 4 is 31.4 Å². The minimum absolute atomic E-state index is 0.112. The van der Waals surface area contributed by atoms with E-state index < -0.39 is 9.84 Å². The number of furan rings is 1. The van der Waals surface area contributed by atoms with Gasteiger partial charge in [-0.05, 0) is 40.2 Å². The molecular formula is C21H13BrN4O3S. The maximum atomic E-state index is 13.4. The molecule has 0 bridgehead atoms. The standard InChI is InChI=1S/C21H13BrN4O3S/c22-17-18(14-8-3-1-4-9-14)25-26-19(16-12-7-13-29-16)21(24-23-20(17)26)30(27,28)15-10-5-2-6-11-15/h1-13H. The van der Waals surface area contributed by atoms with Crippen LogP contribution in [0.25, 0.3) is 28.4 Å². The summed E-state index contributed by atoms with van der Waals surface area (Å²) < 4.78 is 34.3. The first-order valence-electron chi connectivity index (χ1n) is 8.92. The van der Waals surface area contributed by atoms with Crippen molar-refractivity contribution in [3.8, 4) is 22.7 Å². The van der Waals surface area contributed by atoms with Gasteiger partial charge in [0.2, 0.25) is 14.9 Å². The third-order valence-electron chi connectivity index (χ3n) is 4.56. The summed E-state index contributed by atoms with van der Waals surface area (Å²) in [6.07, 6.45) is 1.47. The number of aromatic nitrogens is 4. The Morgan fingerprint density at radius 2 is 1.57 bits per heavy atom. The van der Waals surface area contributed by atoms with Crippen LogP contribution >= 0.6 is 15.9 Å². The number of hydrogen-bond donors (Lipinski definition) is 0. The molecule has 0 amide bonds. The predicted molar refractivity (Wildman–Crippen MR) is 114 cm³/mol. The first-order valence-corrected chi connectivity index (χ1v) is 11.2. The van der Waals surface area contributed by atoms with Crippen molar-refractivity contribution in [2.75, 3.05) is 0 Å². The summed E-state index contributed by atoms with van der Waals surface area (Å²) in [4.78, 5) is 0.112. The van der Waals surface area contributed by atoms with Crippen molar-refractivity contribution in [3.63, 3.8) is 0 Å². The predicted octanol–water partition coefficient (Wildman–Crippen LogP) is 4.65. The molecule has 7 nitrogen and oxygen atoms in total. The van der Waals surface area contributed by atoms with Gasteiger partial charge in [-0.2, -0.15) is 5.10 Å². The van der Waals surface area contributed by atoms with E-state index in [1.807, 2.05) is 30.3 Å². The molecule has 3 aromatic heterocycles. The SMILES string of the molecule is O=S(=O)(c1ccccc1)c1nnc2c(Br)c(-c3ccccc3)nn2c1-c1ccco1. The second-order valence-corrected chi connectivity index (χ2v) is 9.07. The molecule has 2 aromatic carbocycles. The van der Waals surface area contributed by atoms with Crippen molar-refractivity contribution in [2.45, 2.75) is 9.92 Å². The third kappa shape index (κ3) is 2.94. The van der Waals surface area contributed by atoms with Gasteiger partial charge in [0.15, 0.2) is 11.4 Å². The van der Waals surface area contributed by atoms with E-state index in [-0.39, 0.29) is 15.6 Å². The molecule has 5 aromatic rings. The fraction of sp³-hybridized carbons (Fsp3) is 0. The van der Waals surface area contributed by atoms with Gasteiger partial charge >= 0.3 is 0 Å². The van der Waals surface area contributed by atoms with E-state index in [0.717, 1.165) is 5.56 Å². The lowest BCUT2D eigenvalue weighted by Gasteiger charge is -2.09. The Morgan fingerprint density at radius 3 is 2.23 bits per heavy atom. The highest BCUT2D eigenvalue weighted by molar-refractivity contribution is 9.10. The van der Waals surface area contributed by atoms with Crippen LogP contribution in [0.2, 0.25) is 0 Å². The van der Waals surface area contributed by atoms with Crippen molar-refractivity contribution in [2.24, 2.45) is 0 Å². The summed E-state index contributed by atoms with van der Waals surface area (Å²) in [5.41, 5.74) is 2.06. The van der Waals surface area contributed by atoms with E-state index in [4.69, 9.17) is 4.42 Å². The van der Waals surface area contributed by atoms with E-state index in [0.29, 0.717) is 21.6 Å². The minimum Gasteiger partial charge on any atom is -0.463 e. The van der Waals surface area contributed by atoms with E-state index in [1.54, 1.807) is 30.3 Å². The van der Waals surface area contributed by atoms with Crippen LogP contribution < -0.4 is 0 Å². The highest BCUT2D eigenvalue weighted by Crippen LogP contribution is 2.35. The quantitative estimate of drug-likeness (QED) is 0.371. The fourth-order valence-electron chi connectivity index (χ4n) is 3.16. The Bertz CT molecular complexity index is 1450. The van der Waals surface area contributed by atoms with E-state index in [9.17, 15) is 8.42 Å². The van der Waals surface area contributed by atoms with Crippen molar-refractivity contribution < 1.29 is 12.8 Å². The summed E-state index contributed by atoms with van der Waals surface area (Å²) in [6.45, 7) is 0. The molecule has 0 unspecified atom stereocenters. The zero-order valence-electron chi connectivity index (χ0n) is 15.3. The first kappa shape index (κ1) is 18.7. The lowest BCUT2D eigenvalue weighted by atomic mass is 10.2. The summed E-state index contributed by atoms with van der Waals surface area (Å²) in [6, 6.07) is 21.0. The second-order valence-electron chi connectivity index (χ2n) is 6.41. The van der Waals surface area contributed by atoms with Crippen LogP contribution in [-0.4, -0.2) is 28.2 Å².